The number of benzene rings is 1. The molecule has 6 N–H and O–H groups in total. The Bertz CT molecular complexity index is 1510. The molecular weight excluding hydrogens is 603 g/mol. The van der Waals surface area contributed by atoms with Crippen molar-refractivity contribution in [3.63, 3.8) is 0 Å². The van der Waals surface area contributed by atoms with Crippen LogP contribution in [-0.4, -0.2) is 97.5 Å². The zero-order chi connectivity index (χ0) is 30.7. The van der Waals surface area contributed by atoms with Crippen molar-refractivity contribution in [1.82, 2.24) is 24.8 Å². The van der Waals surface area contributed by atoms with Crippen molar-refractivity contribution in [1.29, 1.82) is 0 Å². The number of imidazole rings is 1. The third-order valence-electron chi connectivity index (χ3n) is 7.17. The van der Waals surface area contributed by atoms with Crippen LogP contribution in [0.1, 0.15) is 25.1 Å². The van der Waals surface area contributed by atoms with Crippen LogP contribution in [0.4, 0.5) is 5.82 Å². The van der Waals surface area contributed by atoms with Gasteiger partial charge in [0.2, 0.25) is 0 Å². The zero-order valence-corrected chi connectivity index (χ0v) is 25.0. The first-order valence-electron chi connectivity index (χ1n) is 13.4. The molecule has 4 heterocycles. The molecule has 0 radical (unpaired) electrons. The van der Waals surface area contributed by atoms with Crippen LogP contribution in [0.5, 0.6) is 0 Å². The number of nitrogens with zero attached hydrogens (tertiary/aromatic N) is 4. The lowest BCUT2D eigenvalue weighted by molar-refractivity contribution is -0.111. The summed E-state index contributed by atoms with van der Waals surface area (Å²) in [6.45, 7) is -3.17. The number of aliphatic hydroxyl groups is 2. The predicted molar refractivity (Wildman–Crippen MR) is 156 cm³/mol. The molecule has 5 rings (SSSR count). The van der Waals surface area contributed by atoms with Crippen LogP contribution < -0.4 is 11.1 Å². The number of hydrogen-bond donors (Lipinski definition) is 5. The average Bonchev–Trinajstić information content (AvgIpc) is 3.67. The quantitative estimate of drug-likeness (QED) is 0.137. The first-order chi connectivity index (χ1) is 20.6. The zero-order valence-electron chi connectivity index (χ0n) is 23.3. The molecule has 8 atom stereocenters. The summed E-state index contributed by atoms with van der Waals surface area (Å²) in [4.78, 5) is 35.4. The van der Waals surface area contributed by atoms with Crippen molar-refractivity contribution in [3.8, 4) is 0 Å². The second-order valence-electron chi connectivity index (χ2n) is 9.98. The van der Waals surface area contributed by atoms with Crippen molar-refractivity contribution in [3.05, 3.63) is 54.7 Å². The Kier molecular flexibility index (Phi) is 9.83. The number of ketones is 1. The molecule has 0 spiro atoms. The van der Waals surface area contributed by atoms with Crippen LogP contribution in [0.2, 0.25) is 0 Å². The number of anilines is 1. The van der Waals surface area contributed by atoms with Gasteiger partial charge in [0, 0.05) is 25.3 Å². The highest BCUT2D eigenvalue weighted by atomic mass is 32.5. The second kappa shape index (κ2) is 13.4. The van der Waals surface area contributed by atoms with E-state index in [9.17, 15) is 19.9 Å². The Balaban J connectivity index is 1.20. The predicted octanol–water partition coefficient (Wildman–Crippen LogP) is 0.627. The fraction of sp³-hybridized carbons (Fsp3) is 0.462. The number of aliphatic hydroxyl groups excluding tert-OH is 2. The number of aromatic nitrogens is 4. The number of carbonyl (C=O) groups is 1. The molecule has 2 saturated heterocycles. The number of rotatable bonds is 12. The lowest BCUT2D eigenvalue weighted by Gasteiger charge is -2.24. The maximum atomic E-state index is 12.2. The van der Waals surface area contributed by atoms with E-state index in [-0.39, 0.29) is 24.6 Å². The molecule has 15 nitrogen and oxygen atoms in total. The van der Waals surface area contributed by atoms with Crippen molar-refractivity contribution in [2.75, 3.05) is 26.1 Å². The Morgan fingerprint density at radius 1 is 1.26 bits per heavy atom. The number of Topliss-reactive ketones (excluding diaryl/α,β-unsaturated/α-hetero) is 1. The molecule has 3 unspecified atom stereocenters. The lowest BCUT2D eigenvalue weighted by Crippen LogP contribution is -2.35. The Morgan fingerprint density at radius 3 is 2.72 bits per heavy atom. The van der Waals surface area contributed by atoms with Crippen molar-refractivity contribution in [2.24, 2.45) is 0 Å². The standard InChI is InChI=1S/C26H33N6O9PS/c1-14(34)16(15-6-4-3-5-7-15)9-28-20-8-17(18(10-33)39-20)41-42(36,43)38-11-19-22(35)23(37-2)26(40-19)32-13-31-21-24(27)29-12-30-25(21)32/h3-7,9,12-13,17-20,22-23,26,28,33,35H,8,10-11H2,1-2H3,(H,36,43)(H2,27,29,30)/b16-9+/t17?,18-,19-,20-,22+,23?,26-,42?/m1/s1. The molecular formula is C26H33N6O9PS. The van der Waals surface area contributed by atoms with Gasteiger partial charge in [-0.15, -0.1) is 0 Å². The number of nitrogen functional groups attached to an aromatic ring is 1. The maximum Gasteiger partial charge on any atom is 0.324 e. The van der Waals surface area contributed by atoms with E-state index in [2.05, 4.69) is 20.3 Å². The van der Waals surface area contributed by atoms with Gasteiger partial charge in [0.05, 0.1) is 25.6 Å². The van der Waals surface area contributed by atoms with Crippen LogP contribution in [0, 0.1) is 0 Å². The summed E-state index contributed by atoms with van der Waals surface area (Å²) in [6.07, 6.45) is -1.59. The molecule has 17 heteroatoms. The Morgan fingerprint density at radius 2 is 2.02 bits per heavy atom. The van der Waals surface area contributed by atoms with Crippen LogP contribution in [0.25, 0.3) is 16.7 Å². The summed E-state index contributed by atoms with van der Waals surface area (Å²) < 4.78 is 30.2. The monoisotopic (exact) mass is 636 g/mol. The lowest BCUT2D eigenvalue weighted by atomic mass is 10.0. The van der Waals surface area contributed by atoms with Gasteiger partial charge in [-0.2, -0.15) is 0 Å². The molecule has 0 aliphatic carbocycles. The number of hydrogen-bond acceptors (Lipinski definition) is 14. The summed E-state index contributed by atoms with van der Waals surface area (Å²) in [5.41, 5.74) is 7.83. The first-order valence-corrected chi connectivity index (χ1v) is 15.9. The van der Waals surface area contributed by atoms with E-state index in [1.54, 1.807) is 10.8 Å². The van der Waals surface area contributed by atoms with Crippen LogP contribution >= 0.6 is 6.72 Å². The summed E-state index contributed by atoms with van der Waals surface area (Å²) >= 11 is 5.24. The molecule has 43 heavy (non-hydrogen) atoms. The number of fused-ring (bicyclic) bond motifs is 1. The fourth-order valence-corrected chi connectivity index (χ4v) is 6.51. The SMILES string of the molecule is COC1[C@@H](O)[C@@H](COP(O)(=S)OC2C[C@H](N/C=C(\C(C)=O)c3ccccc3)O[C@@H]2CO)O[C@H]1n1cnc2c(N)ncnc21. The molecule has 1 aromatic carbocycles. The van der Waals surface area contributed by atoms with Crippen molar-refractivity contribution in [2.45, 2.75) is 56.3 Å². The third-order valence-corrected chi connectivity index (χ3v) is 8.76. The van der Waals surface area contributed by atoms with E-state index in [1.165, 1.54) is 26.7 Å². The largest absolute Gasteiger partial charge is 0.394 e. The van der Waals surface area contributed by atoms with E-state index in [0.29, 0.717) is 16.7 Å². The average molecular weight is 637 g/mol. The molecule has 2 aliphatic heterocycles. The summed E-state index contributed by atoms with van der Waals surface area (Å²) in [5, 5.41) is 23.8. The molecule has 2 fully saturated rings. The van der Waals surface area contributed by atoms with Gasteiger partial charge < -0.3 is 49.4 Å². The topological polar surface area (TPSA) is 206 Å². The molecule has 3 aromatic rings. The second-order valence-corrected chi connectivity index (χ2v) is 12.8. The Hall–Kier alpha value is -2.89. The molecule has 0 amide bonds. The normalized spacial score (nSPS) is 29.1. The van der Waals surface area contributed by atoms with Gasteiger partial charge in [0.25, 0.3) is 0 Å². The van der Waals surface area contributed by atoms with E-state index in [4.69, 9.17) is 40.8 Å². The first kappa shape index (κ1) is 31.5. The smallest absolute Gasteiger partial charge is 0.324 e. The van der Waals surface area contributed by atoms with Crippen LogP contribution in [0.15, 0.2) is 49.2 Å². The van der Waals surface area contributed by atoms with Crippen LogP contribution in [0.3, 0.4) is 0 Å². The van der Waals surface area contributed by atoms with Gasteiger partial charge in [-0.05, 0) is 24.3 Å². The van der Waals surface area contributed by atoms with Gasteiger partial charge in [-0.25, -0.2) is 15.0 Å². The minimum absolute atomic E-state index is 0.143. The van der Waals surface area contributed by atoms with E-state index < -0.39 is 56.3 Å². The van der Waals surface area contributed by atoms with Gasteiger partial charge in [-0.3, -0.25) is 9.36 Å². The number of ether oxygens (including phenoxy) is 3. The third kappa shape index (κ3) is 6.94. The van der Waals surface area contributed by atoms with E-state index in [0.717, 1.165) is 5.56 Å². The molecule has 0 bridgehead atoms. The van der Waals surface area contributed by atoms with E-state index in [1.807, 2.05) is 30.3 Å². The molecule has 2 aromatic heterocycles. The van der Waals surface area contributed by atoms with Gasteiger partial charge >= 0.3 is 6.72 Å². The fourth-order valence-electron chi connectivity index (χ4n) is 5.04. The van der Waals surface area contributed by atoms with Gasteiger partial charge in [0.1, 0.15) is 42.5 Å². The van der Waals surface area contributed by atoms with Gasteiger partial charge in [0.15, 0.2) is 23.5 Å². The van der Waals surface area contributed by atoms with Crippen LogP contribution in [-0.2, 0) is 39.9 Å². The highest BCUT2D eigenvalue weighted by Gasteiger charge is 2.47. The highest BCUT2D eigenvalue weighted by Crippen LogP contribution is 2.48. The Labute approximate surface area is 251 Å². The number of carbonyl (C=O) groups excluding carboxylic acids is 1. The van der Waals surface area contributed by atoms with Crippen molar-refractivity contribution < 1.29 is 43.2 Å². The molecule has 2 aliphatic rings. The number of allylic oxidation sites excluding steroid dienone is 1. The summed E-state index contributed by atoms with van der Waals surface area (Å²) in [5.74, 6) is 0.0469. The van der Waals surface area contributed by atoms with Crippen molar-refractivity contribution >= 4 is 46.9 Å². The molecule has 232 valence electrons. The highest BCUT2D eigenvalue weighted by molar-refractivity contribution is 8.07. The number of methoxy groups -OCH3 is 1. The molecule has 0 saturated carbocycles. The van der Waals surface area contributed by atoms with E-state index >= 15 is 0 Å². The maximum absolute atomic E-state index is 12.2. The number of nitrogens with two attached hydrogens (primary N) is 1. The minimum Gasteiger partial charge on any atom is -0.394 e. The minimum atomic E-state index is -3.90. The summed E-state index contributed by atoms with van der Waals surface area (Å²) in [7, 11) is 1.42. The summed E-state index contributed by atoms with van der Waals surface area (Å²) in [6, 6.07) is 9.14. The number of nitrogens with one attached hydrogen (secondary N) is 1. The van der Waals surface area contributed by atoms with Gasteiger partial charge in [-0.1, -0.05) is 30.3 Å².